The van der Waals surface area contributed by atoms with E-state index in [-0.39, 0.29) is 17.7 Å². The van der Waals surface area contributed by atoms with Crippen molar-refractivity contribution in [3.63, 3.8) is 0 Å². The average molecular weight is 347 g/mol. The Balaban J connectivity index is 1.65. The molecule has 0 saturated carbocycles. The van der Waals surface area contributed by atoms with Crippen molar-refractivity contribution >= 4 is 22.4 Å². The zero-order valence-electron chi connectivity index (χ0n) is 13.5. The molecule has 1 amide bonds. The van der Waals surface area contributed by atoms with E-state index in [0.29, 0.717) is 11.6 Å². The lowest BCUT2D eigenvalue weighted by Crippen LogP contribution is -2.60. The molecule has 2 aromatic carbocycles. The molecule has 3 N–H and O–H groups in total. The number of nitrogens with two attached hydrogens (primary N) is 1. The summed E-state index contributed by atoms with van der Waals surface area (Å²) in [6.07, 6.45) is 2.30. The molecule has 25 heavy (non-hydrogen) atoms. The van der Waals surface area contributed by atoms with Gasteiger partial charge in [-0.05, 0) is 28.7 Å². The monoisotopic (exact) mass is 347 g/mol. The molecular weight excluding hydrogens is 330 g/mol. The van der Waals surface area contributed by atoms with E-state index in [1.54, 1.807) is 6.20 Å². The number of nitrogens with zero attached hydrogens (tertiary/aromatic N) is 1. The van der Waals surface area contributed by atoms with Gasteiger partial charge in [0.05, 0.1) is 0 Å². The number of amides is 1. The number of nitrogens with one attached hydrogen (secondary N) is 1. The van der Waals surface area contributed by atoms with Crippen LogP contribution in [0, 0.1) is 0 Å². The van der Waals surface area contributed by atoms with E-state index in [1.165, 1.54) is 33.6 Å². The van der Waals surface area contributed by atoms with Gasteiger partial charge in [0.15, 0.2) is 5.13 Å². The van der Waals surface area contributed by atoms with Gasteiger partial charge in [0.1, 0.15) is 5.54 Å². The van der Waals surface area contributed by atoms with Gasteiger partial charge in [0, 0.05) is 23.4 Å². The molecule has 0 fully saturated rings. The van der Waals surface area contributed by atoms with Gasteiger partial charge in [-0.25, -0.2) is 4.98 Å². The Morgan fingerprint density at radius 2 is 1.68 bits per heavy atom. The molecule has 6 rings (SSSR count). The predicted octanol–water partition coefficient (Wildman–Crippen LogP) is 3.46. The Hall–Kier alpha value is -2.50. The number of rotatable bonds is 2. The molecule has 0 spiro atoms. The van der Waals surface area contributed by atoms with E-state index in [4.69, 9.17) is 5.73 Å². The van der Waals surface area contributed by atoms with Crippen molar-refractivity contribution in [2.45, 2.75) is 23.8 Å². The molecule has 3 aliphatic carbocycles. The third-order valence-electron chi connectivity index (χ3n) is 5.50. The highest BCUT2D eigenvalue weighted by molar-refractivity contribution is 7.13. The van der Waals surface area contributed by atoms with E-state index < -0.39 is 5.54 Å². The first-order valence-electron chi connectivity index (χ1n) is 8.36. The van der Waals surface area contributed by atoms with Crippen molar-refractivity contribution in [1.29, 1.82) is 0 Å². The van der Waals surface area contributed by atoms with E-state index in [2.05, 4.69) is 46.7 Å². The van der Waals surface area contributed by atoms with Gasteiger partial charge in [-0.3, -0.25) is 4.79 Å². The van der Waals surface area contributed by atoms with Crippen LogP contribution in [0.2, 0.25) is 0 Å². The van der Waals surface area contributed by atoms with E-state index in [0.717, 1.165) is 0 Å². The summed E-state index contributed by atoms with van der Waals surface area (Å²) in [5.74, 6) is -0.129. The fourth-order valence-electron chi connectivity index (χ4n) is 4.47. The van der Waals surface area contributed by atoms with Crippen molar-refractivity contribution in [3.8, 4) is 0 Å². The molecular formula is C20H17N3OS. The quantitative estimate of drug-likeness (QED) is 0.746. The number of hydrogen-bond acceptors (Lipinski definition) is 4. The van der Waals surface area contributed by atoms with Gasteiger partial charge in [-0.2, -0.15) is 0 Å². The Labute approximate surface area is 149 Å². The van der Waals surface area contributed by atoms with Crippen LogP contribution in [0.3, 0.4) is 0 Å². The Morgan fingerprint density at radius 3 is 2.24 bits per heavy atom. The molecule has 0 radical (unpaired) electrons. The summed E-state index contributed by atoms with van der Waals surface area (Å²) in [5.41, 5.74) is 10.8. The maximum Gasteiger partial charge on any atom is 0.247 e. The van der Waals surface area contributed by atoms with Crippen LogP contribution < -0.4 is 11.1 Å². The summed E-state index contributed by atoms with van der Waals surface area (Å²) >= 11 is 1.41. The van der Waals surface area contributed by atoms with Crippen LogP contribution in [0.5, 0.6) is 0 Å². The second kappa shape index (κ2) is 5.25. The molecule has 1 unspecified atom stereocenters. The Morgan fingerprint density at radius 1 is 1.08 bits per heavy atom. The lowest BCUT2D eigenvalue weighted by Gasteiger charge is -2.50. The smallest absolute Gasteiger partial charge is 0.247 e. The number of thiazole rings is 1. The molecule has 3 aliphatic rings. The minimum absolute atomic E-state index is 0.134. The number of carbonyl (C=O) groups excluding carboxylic acids is 1. The average Bonchev–Trinajstić information content (AvgIpc) is 3.15. The Kier molecular flexibility index (Phi) is 3.11. The largest absolute Gasteiger partial charge is 0.317 e. The summed E-state index contributed by atoms with van der Waals surface area (Å²) in [5, 5.41) is 5.36. The van der Waals surface area contributed by atoms with Gasteiger partial charge < -0.3 is 11.1 Å². The van der Waals surface area contributed by atoms with Gasteiger partial charge in [0.2, 0.25) is 5.91 Å². The second-order valence-electron chi connectivity index (χ2n) is 6.78. The van der Waals surface area contributed by atoms with Crippen LogP contribution in [0.1, 0.15) is 40.5 Å². The van der Waals surface area contributed by atoms with Crippen molar-refractivity contribution in [2.75, 3.05) is 5.32 Å². The van der Waals surface area contributed by atoms with Gasteiger partial charge in [-0.15, -0.1) is 11.3 Å². The van der Waals surface area contributed by atoms with E-state index in [1.807, 2.05) is 17.5 Å². The number of carbonyl (C=O) groups is 1. The normalized spacial score (nSPS) is 26.0. The Bertz CT molecular complexity index is 921. The van der Waals surface area contributed by atoms with Gasteiger partial charge in [0.25, 0.3) is 0 Å². The zero-order valence-corrected chi connectivity index (χ0v) is 14.3. The molecule has 0 saturated heterocycles. The highest BCUT2D eigenvalue weighted by Gasteiger charge is 2.54. The van der Waals surface area contributed by atoms with Crippen molar-refractivity contribution in [3.05, 3.63) is 82.4 Å². The van der Waals surface area contributed by atoms with E-state index >= 15 is 0 Å². The SMILES string of the molecule is NC1(C(=O)Nc2nccs2)CC2c3ccccc3C1c1ccccc12. The molecule has 0 aliphatic heterocycles. The minimum Gasteiger partial charge on any atom is -0.317 e. The van der Waals surface area contributed by atoms with Gasteiger partial charge >= 0.3 is 0 Å². The first kappa shape index (κ1) is 14.8. The van der Waals surface area contributed by atoms with Crippen molar-refractivity contribution < 1.29 is 4.79 Å². The van der Waals surface area contributed by atoms with Crippen molar-refractivity contribution in [1.82, 2.24) is 4.98 Å². The summed E-state index contributed by atoms with van der Waals surface area (Å²) in [4.78, 5) is 17.3. The third kappa shape index (κ3) is 2.03. The highest BCUT2D eigenvalue weighted by atomic mass is 32.1. The molecule has 5 heteroatoms. The number of aromatic nitrogens is 1. The lowest BCUT2D eigenvalue weighted by atomic mass is 9.55. The first-order chi connectivity index (χ1) is 12.2. The summed E-state index contributed by atoms with van der Waals surface area (Å²) in [6, 6.07) is 16.7. The van der Waals surface area contributed by atoms with Crippen LogP contribution in [0.25, 0.3) is 0 Å². The molecule has 2 bridgehead atoms. The lowest BCUT2D eigenvalue weighted by molar-refractivity contribution is -0.122. The third-order valence-corrected chi connectivity index (χ3v) is 6.19. The van der Waals surface area contributed by atoms with Crippen LogP contribution in [0.15, 0.2) is 60.1 Å². The topological polar surface area (TPSA) is 68.0 Å². The van der Waals surface area contributed by atoms with Crippen molar-refractivity contribution in [2.24, 2.45) is 5.73 Å². The zero-order chi connectivity index (χ0) is 17.0. The summed E-state index contributed by atoms with van der Waals surface area (Å²) in [6.45, 7) is 0. The minimum atomic E-state index is -0.973. The molecule has 4 nitrogen and oxygen atoms in total. The molecule has 1 aromatic heterocycles. The maximum absolute atomic E-state index is 13.1. The highest BCUT2D eigenvalue weighted by Crippen LogP contribution is 2.56. The molecule has 124 valence electrons. The molecule has 1 atom stereocenters. The second-order valence-corrected chi connectivity index (χ2v) is 7.67. The summed E-state index contributed by atoms with van der Waals surface area (Å²) < 4.78 is 0. The number of hydrogen-bond donors (Lipinski definition) is 2. The van der Waals surface area contributed by atoms with Crippen LogP contribution in [-0.2, 0) is 4.79 Å². The number of fused-ring (bicyclic) bond motifs is 1. The molecule has 3 aromatic rings. The van der Waals surface area contributed by atoms with Crippen LogP contribution in [0.4, 0.5) is 5.13 Å². The molecule has 1 heterocycles. The van der Waals surface area contributed by atoms with Crippen LogP contribution >= 0.6 is 11.3 Å². The fourth-order valence-corrected chi connectivity index (χ4v) is 4.99. The number of anilines is 1. The number of benzene rings is 2. The fraction of sp³-hybridized carbons (Fsp3) is 0.200. The van der Waals surface area contributed by atoms with E-state index in [9.17, 15) is 4.79 Å². The summed E-state index contributed by atoms with van der Waals surface area (Å²) in [7, 11) is 0. The van der Waals surface area contributed by atoms with Crippen LogP contribution in [-0.4, -0.2) is 16.4 Å². The maximum atomic E-state index is 13.1. The first-order valence-corrected chi connectivity index (χ1v) is 9.24. The predicted molar refractivity (Wildman–Crippen MR) is 98.8 cm³/mol. The standard InChI is InChI=1S/C20H17N3OS/c21-20(18(24)23-19-22-9-10-25-19)11-16-12-5-1-3-7-14(12)17(20)15-8-4-2-6-13(15)16/h1-10,16-17H,11,21H2,(H,22,23,24). The van der Waals surface area contributed by atoms with Gasteiger partial charge in [-0.1, -0.05) is 48.5 Å².